The van der Waals surface area contributed by atoms with E-state index in [1.165, 1.54) is 0 Å². The molecular formula is C22H30N4O4. The molecule has 0 radical (unpaired) electrons. The Bertz CT molecular complexity index is 1090. The van der Waals surface area contributed by atoms with Crippen LogP contribution in [-0.4, -0.2) is 51.4 Å². The Hall–Kier alpha value is -2.61. The fourth-order valence-electron chi connectivity index (χ4n) is 4.57. The summed E-state index contributed by atoms with van der Waals surface area (Å²) < 4.78 is 8.86. The van der Waals surface area contributed by atoms with Gasteiger partial charge in [0.15, 0.2) is 0 Å². The molecule has 8 heteroatoms. The predicted octanol–water partition coefficient (Wildman–Crippen LogP) is 2.02. The first-order chi connectivity index (χ1) is 14.1. The molecule has 0 unspecified atom stereocenters. The topological polar surface area (TPSA) is 85.6 Å². The van der Waals surface area contributed by atoms with Crippen LogP contribution in [0.15, 0.2) is 27.8 Å². The summed E-state index contributed by atoms with van der Waals surface area (Å²) >= 11 is 0. The Balaban J connectivity index is 1.43. The maximum Gasteiger partial charge on any atom is 0.407 e. The molecule has 2 aliphatic rings. The quantitative estimate of drug-likeness (QED) is 0.831. The molecular weight excluding hydrogens is 384 g/mol. The standard InChI is InChI=1S/C22H30N4O4/c1-14-11-19(28)25-13-16(26-18(27)6-5-17(14)20(25)26)12-24-9-7-15(8-10-24)23-21(29)30-22(2,3)4/h5-6,11,15-16H,7-10,12-13H2,1-4H3,(H,23,29)/t16-/m1/s1. The number of aryl methyl sites for hydroxylation is 1. The second-order valence-corrected chi connectivity index (χ2v) is 9.43. The van der Waals surface area contributed by atoms with E-state index in [2.05, 4.69) is 10.2 Å². The summed E-state index contributed by atoms with van der Waals surface area (Å²) in [6.07, 6.45) is 1.29. The molecule has 1 N–H and O–H groups in total. The molecule has 4 rings (SSSR count). The van der Waals surface area contributed by atoms with Crippen LogP contribution >= 0.6 is 0 Å². The number of ether oxygens (including phenoxy) is 1. The van der Waals surface area contributed by atoms with Crippen molar-refractivity contribution in [3.8, 4) is 0 Å². The Morgan fingerprint density at radius 1 is 1.17 bits per heavy atom. The van der Waals surface area contributed by atoms with Crippen molar-refractivity contribution in [3.05, 3.63) is 44.5 Å². The zero-order valence-electron chi connectivity index (χ0n) is 18.1. The molecule has 0 bridgehead atoms. The van der Waals surface area contributed by atoms with E-state index in [9.17, 15) is 14.4 Å². The van der Waals surface area contributed by atoms with Gasteiger partial charge >= 0.3 is 6.09 Å². The van der Waals surface area contributed by atoms with E-state index >= 15 is 0 Å². The van der Waals surface area contributed by atoms with Crippen molar-refractivity contribution in [2.45, 2.75) is 64.8 Å². The molecule has 1 atom stereocenters. The number of alkyl carbamates (subject to hydrolysis) is 1. The highest BCUT2D eigenvalue weighted by atomic mass is 16.6. The lowest BCUT2D eigenvalue weighted by molar-refractivity contribution is 0.0476. The van der Waals surface area contributed by atoms with Crippen LogP contribution in [0.25, 0.3) is 11.0 Å². The van der Waals surface area contributed by atoms with Crippen LogP contribution in [-0.2, 0) is 11.3 Å². The van der Waals surface area contributed by atoms with Gasteiger partial charge in [0.2, 0.25) is 0 Å². The van der Waals surface area contributed by atoms with E-state index in [-0.39, 0.29) is 29.3 Å². The first-order valence-corrected chi connectivity index (χ1v) is 10.6. The Kier molecular flexibility index (Phi) is 5.22. The third kappa shape index (κ3) is 4.01. The Morgan fingerprint density at radius 2 is 1.87 bits per heavy atom. The molecule has 0 spiro atoms. The molecule has 162 valence electrons. The molecule has 30 heavy (non-hydrogen) atoms. The van der Waals surface area contributed by atoms with Gasteiger partial charge in [-0.25, -0.2) is 4.79 Å². The van der Waals surface area contributed by atoms with Gasteiger partial charge in [0.25, 0.3) is 11.1 Å². The molecule has 4 heterocycles. The van der Waals surface area contributed by atoms with Gasteiger partial charge in [-0.15, -0.1) is 0 Å². The highest BCUT2D eigenvalue weighted by molar-refractivity contribution is 5.80. The number of piperidine rings is 1. The van der Waals surface area contributed by atoms with Gasteiger partial charge in [0.1, 0.15) is 11.2 Å². The van der Waals surface area contributed by atoms with Gasteiger partial charge < -0.3 is 15.0 Å². The number of hydrogen-bond donors (Lipinski definition) is 1. The highest BCUT2D eigenvalue weighted by Crippen LogP contribution is 2.26. The number of pyridine rings is 2. The molecule has 2 aromatic rings. The lowest BCUT2D eigenvalue weighted by atomic mass is 10.0. The molecule has 0 aromatic carbocycles. The van der Waals surface area contributed by atoms with Crippen molar-refractivity contribution in [1.82, 2.24) is 19.4 Å². The van der Waals surface area contributed by atoms with Crippen molar-refractivity contribution in [3.63, 3.8) is 0 Å². The van der Waals surface area contributed by atoms with Crippen LogP contribution in [0.4, 0.5) is 4.79 Å². The number of amides is 1. The average Bonchev–Trinajstić information content (AvgIpc) is 3.02. The van der Waals surface area contributed by atoms with Crippen molar-refractivity contribution in [2.24, 2.45) is 0 Å². The first kappa shape index (κ1) is 20.7. The normalized spacial score (nSPS) is 19.9. The van der Waals surface area contributed by atoms with E-state index in [1.807, 2.05) is 33.8 Å². The van der Waals surface area contributed by atoms with Gasteiger partial charge in [-0.2, -0.15) is 0 Å². The minimum Gasteiger partial charge on any atom is -0.444 e. The number of hydrogen-bond acceptors (Lipinski definition) is 5. The van der Waals surface area contributed by atoms with Gasteiger partial charge in [0, 0.05) is 49.7 Å². The maximum absolute atomic E-state index is 12.6. The van der Waals surface area contributed by atoms with Crippen LogP contribution in [0.1, 0.15) is 45.2 Å². The fraction of sp³-hybridized carbons (Fsp3) is 0.591. The monoisotopic (exact) mass is 414 g/mol. The predicted molar refractivity (Wildman–Crippen MR) is 115 cm³/mol. The molecule has 0 aliphatic carbocycles. The lowest BCUT2D eigenvalue weighted by Crippen LogP contribution is -2.47. The van der Waals surface area contributed by atoms with E-state index in [1.54, 1.807) is 21.3 Å². The fourth-order valence-corrected chi connectivity index (χ4v) is 4.57. The minimum absolute atomic E-state index is 0.0536. The molecule has 1 amide bonds. The van der Waals surface area contributed by atoms with Gasteiger partial charge in [-0.3, -0.25) is 18.7 Å². The maximum atomic E-state index is 12.6. The molecule has 8 nitrogen and oxygen atoms in total. The molecule has 2 aliphatic heterocycles. The van der Waals surface area contributed by atoms with Gasteiger partial charge in [-0.05, 0) is 52.2 Å². The van der Waals surface area contributed by atoms with Crippen LogP contribution in [0, 0.1) is 6.92 Å². The number of carbonyl (C=O) groups is 1. The Labute approximate surface area is 175 Å². The third-order valence-electron chi connectivity index (χ3n) is 5.92. The highest BCUT2D eigenvalue weighted by Gasteiger charge is 2.30. The average molecular weight is 415 g/mol. The zero-order valence-corrected chi connectivity index (χ0v) is 18.1. The third-order valence-corrected chi connectivity index (χ3v) is 5.92. The van der Waals surface area contributed by atoms with Crippen LogP contribution in [0.3, 0.4) is 0 Å². The summed E-state index contributed by atoms with van der Waals surface area (Å²) in [6.45, 7) is 10.3. The van der Waals surface area contributed by atoms with Crippen molar-refractivity contribution >= 4 is 17.1 Å². The van der Waals surface area contributed by atoms with Crippen molar-refractivity contribution < 1.29 is 9.53 Å². The molecule has 1 saturated heterocycles. The summed E-state index contributed by atoms with van der Waals surface area (Å²) in [5, 5.41) is 3.91. The van der Waals surface area contributed by atoms with E-state index < -0.39 is 5.60 Å². The number of nitrogens with zero attached hydrogens (tertiary/aromatic N) is 3. The summed E-state index contributed by atoms with van der Waals surface area (Å²) in [4.78, 5) is 39.4. The Morgan fingerprint density at radius 3 is 2.53 bits per heavy atom. The molecule has 2 aromatic heterocycles. The number of carbonyl (C=O) groups excluding carboxylic acids is 1. The van der Waals surface area contributed by atoms with Crippen LogP contribution in [0.5, 0.6) is 0 Å². The number of aromatic nitrogens is 2. The summed E-state index contributed by atoms with van der Waals surface area (Å²) in [5.41, 5.74) is 1.01. The zero-order chi connectivity index (χ0) is 21.6. The minimum atomic E-state index is -0.507. The van der Waals surface area contributed by atoms with Gasteiger partial charge in [0.05, 0.1) is 6.04 Å². The smallest absolute Gasteiger partial charge is 0.407 e. The second-order valence-electron chi connectivity index (χ2n) is 9.43. The number of rotatable bonds is 3. The van der Waals surface area contributed by atoms with E-state index in [0.717, 1.165) is 42.5 Å². The largest absolute Gasteiger partial charge is 0.444 e. The van der Waals surface area contributed by atoms with Crippen molar-refractivity contribution in [2.75, 3.05) is 19.6 Å². The van der Waals surface area contributed by atoms with E-state index in [0.29, 0.717) is 13.1 Å². The molecule has 1 fully saturated rings. The molecule has 0 saturated carbocycles. The second kappa shape index (κ2) is 7.58. The van der Waals surface area contributed by atoms with E-state index in [4.69, 9.17) is 4.74 Å². The summed E-state index contributed by atoms with van der Waals surface area (Å²) in [7, 11) is 0. The number of nitrogens with one attached hydrogen (secondary N) is 1. The SMILES string of the molecule is Cc1cc(=O)n2c3c1ccc(=O)n3[C@H](CN1CCC(NC(=O)OC(C)(C)C)CC1)C2. The van der Waals surface area contributed by atoms with Crippen molar-refractivity contribution in [1.29, 1.82) is 0 Å². The lowest BCUT2D eigenvalue weighted by Gasteiger charge is -2.34. The summed E-state index contributed by atoms with van der Waals surface area (Å²) in [5.74, 6) is 0. The van der Waals surface area contributed by atoms with Gasteiger partial charge in [-0.1, -0.05) is 0 Å². The van der Waals surface area contributed by atoms with Crippen LogP contribution in [0.2, 0.25) is 0 Å². The summed E-state index contributed by atoms with van der Waals surface area (Å²) in [6, 6.07) is 5.09. The first-order valence-electron chi connectivity index (χ1n) is 10.6. The number of likely N-dealkylation sites (tertiary alicyclic amines) is 1. The van der Waals surface area contributed by atoms with Crippen LogP contribution < -0.4 is 16.4 Å².